The van der Waals surface area contributed by atoms with E-state index in [4.69, 9.17) is 0 Å². The van der Waals surface area contributed by atoms with Gasteiger partial charge in [-0.05, 0) is 31.9 Å². The van der Waals surface area contributed by atoms with Gasteiger partial charge in [0.2, 0.25) is 11.9 Å². The molecule has 1 amide bonds. The van der Waals surface area contributed by atoms with Gasteiger partial charge in [-0.2, -0.15) is 0 Å². The van der Waals surface area contributed by atoms with E-state index in [9.17, 15) is 4.79 Å². The second kappa shape index (κ2) is 5.23. The molecule has 1 saturated heterocycles. The summed E-state index contributed by atoms with van der Waals surface area (Å²) in [7, 11) is 0. The maximum atomic E-state index is 12.3. The van der Waals surface area contributed by atoms with Gasteiger partial charge in [0.15, 0.2) is 0 Å². The van der Waals surface area contributed by atoms with Gasteiger partial charge in [0.1, 0.15) is 0 Å². The van der Waals surface area contributed by atoms with Crippen LogP contribution in [-0.2, 0) is 4.79 Å². The van der Waals surface area contributed by atoms with Crippen LogP contribution in [-0.4, -0.2) is 29.0 Å². The average Bonchev–Trinajstić information content (AvgIpc) is 2.40. The molecule has 92 valence electrons. The van der Waals surface area contributed by atoms with Gasteiger partial charge in [-0.15, -0.1) is 0 Å². The van der Waals surface area contributed by atoms with Gasteiger partial charge in [-0.1, -0.05) is 6.92 Å². The zero-order valence-corrected chi connectivity index (χ0v) is 10.1. The summed E-state index contributed by atoms with van der Waals surface area (Å²) in [5.41, 5.74) is -0.308. The molecular formula is C12H18N4O. The van der Waals surface area contributed by atoms with Gasteiger partial charge in [0, 0.05) is 18.9 Å². The van der Waals surface area contributed by atoms with Crippen molar-refractivity contribution in [2.45, 2.75) is 26.2 Å². The van der Waals surface area contributed by atoms with Crippen molar-refractivity contribution in [2.24, 2.45) is 5.41 Å². The normalized spacial score (nSPS) is 24.3. The number of rotatable bonds is 3. The van der Waals surface area contributed by atoms with Crippen LogP contribution < -0.4 is 10.6 Å². The fourth-order valence-corrected chi connectivity index (χ4v) is 2.22. The average molecular weight is 234 g/mol. The molecule has 2 N–H and O–H groups in total. The highest BCUT2D eigenvalue weighted by atomic mass is 16.2. The third-order valence-electron chi connectivity index (χ3n) is 3.42. The van der Waals surface area contributed by atoms with Gasteiger partial charge in [0.05, 0.1) is 5.41 Å². The number of nitrogens with one attached hydrogen (secondary N) is 2. The Balaban J connectivity index is 2.07. The Kier molecular flexibility index (Phi) is 3.68. The molecule has 0 radical (unpaired) electrons. The van der Waals surface area contributed by atoms with Crippen LogP contribution in [0.15, 0.2) is 18.5 Å². The lowest BCUT2D eigenvalue weighted by Gasteiger charge is -2.35. The minimum atomic E-state index is -0.308. The van der Waals surface area contributed by atoms with Crippen molar-refractivity contribution in [2.75, 3.05) is 18.4 Å². The maximum Gasteiger partial charge on any atom is 0.234 e. The maximum absolute atomic E-state index is 12.3. The second-order valence-corrected chi connectivity index (χ2v) is 4.44. The number of carbonyl (C=O) groups excluding carboxylic acids is 1. The Labute approximate surface area is 101 Å². The van der Waals surface area contributed by atoms with E-state index in [-0.39, 0.29) is 11.3 Å². The molecule has 2 rings (SSSR count). The van der Waals surface area contributed by atoms with Crippen molar-refractivity contribution >= 4 is 11.9 Å². The van der Waals surface area contributed by atoms with Crippen molar-refractivity contribution in [1.82, 2.24) is 15.3 Å². The van der Waals surface area contributed by atoms with Crippen LogP contribution in [0.4, 0.5) is 5.95 Å². The number of hydrogen-bond acceptors (Lipinski definition) is 4. The van der Waals surface area contributed by atoms with Crippen LogP contribution in [0.2, 0.25) is 0 Å². The molecule has 2 heterocycles. The highest BCUT2D eigenvalue weighted by Gasteiger charge is 2.38. The Hall–Kier alpha value is -1.49. The smallest absolute Gasteiger partial charge is 0.234 e. The van der Waals surface area contributed by atoms with Crippen molar-refractivity contribution in [3.63, 3.8) is 0 Å². The molecular weight excluding hydrogens is 216 g/mol. The zero-order chi connectivity index (χ0) is 12.1. The molecule has 1 aliphatic rings. The van der Waals surface area contributed by atoms with Gasteiger partial charge in [0.25, 0.3) is 0 Å². The lowest BCUT2D eigenvalue weighted by Crippen LogP contribution is -2.47. The monoisotopic (exact) mass is 234 g/mol. The van der Waals surface area contributed by atoms with Crippen molar-refractivity contribution < 1.29 is 4.79 Å². The first-order valence-corrected chi connectivity index (χ1v) is 6.06. The molecule has 1 fully saturated rings. The van der Waals surface area contributed by atoms with Crippen molar-refractivity contribution in [3.8, 4) is 0 Å². The highest BCUT2D eigenvalue weighted by molar-refractivity contribution is 5.94. The molecule has 1 aromatic heterocycles. The predicted octanol–water partition coefficient (Wildman–Crippen LogP) is 1.19. The number of carbonyl (C=O) groups is 1. The molecule has 0 aliphatic carbocycles. The van der Waals surface area contributed by atoms with E-state index < -0.39 is 0 Å². The Morgan fingerprint density at radius 1 is 1.53 bits per heavy atom. The summed E-state index contributed by atoms with van der Waals surface area (Å²) in [5, 5.41) is 6.09. The molecule has 0 saturated carbocycles. The van der Waals surface area contributed by atoms with E-state index in [1.54, 1.807) is 18.5 Å². The Bertz CT molecular complexity index is 373. The van der Waals surface area contributed by atoms with Crippen LogP contribution in [0.25, 0.3) is 0 Å². The van der Waals surface area contributed by atoms with Crippen LogP contribution in [0.1, 0.15) is 26.2 Å². The van der Waals surface area contributed by atoms with Gasteiger partial charge >= 0.3 is 0 Å². The molecule has 1 aromatic rings. The Morgan fingerprint density at radius 2 is 2.29 bits per heavy atom. The molecule has 5 heteroatoms. The predicted molar refractivity (Wildman–Crippen MR) is 65.5 cm³/mol. The van der Waals surface area contributed by atoms with Crippen LogP contribution in [0.5, 0.6) is 0 Å². The molecule has 1 aliphatic heterocycles. The lowest BCUT2D eigenvalue weighted by molar-refractivity contribution is -0.126. The second-order valence-electron chi connectivity index (χ2n) is 4.44. The molecule has 0 bridgehead atoms. The highest BCUT2D eigenvalue weighted by Crippen LogP contribution is 2.31. The van der Waals surface area contributed by atoms with E-state index in [1.807, 2.05) is 0 Å². The summed E-state index contributed by atoms with van der Waals surface area (Å²) in [6, 6.07) is 1.73. The minimum Gasteiger partial charge on any atom is -0.316 e. The molecule has 17 heavy (non-hydrogen) atoms. The number of hydrogen-bond donors (Lipinski definition) is 2. The molecule has 1 atom stereocenters. The minimum absolute atomic E-state index is 0.0263. The number of nitrogens with zero attached hydrogens (tertiary/aromatic N) is 2. The van der Waals surface area contributed by atoms with Crippen LogP contribution in [0, 0.1) is 5.41 Å². The summed E-state index contributed by atoms with van der Waals surface area (Å²) in [6.45, 7) is 3.79. The fraction of sp³-hybridized carbons (Fsp3) is 0.583. The zero-order valence-electron chi connectivity index (χ0n) is 10.1. The van der Waals surface area contributed by atoms with E-state index in [1.165, 1.54) is 0 Å². The molecule has 0 aromatic carbocycles. The van der Waals surface area contributed by atoms with E-state index in [0.29, 0.717) is 5.95 Å². The standard InChI is InChI=1S/C12H18N4O/c1-2-12(5-3-6-13-9-12)10(17)16-11-14-7-4-8-15-11/h4,7-8,13H,2-3,5-6,9H2,1H3,(H,14,15,16,17). The number of aromatic nitrogens is 2. The third-order valence-corrected chi connectivity index (χ3v) is 3.42. The van der Waals surface area contributed by atoms with Gasteiger partial charge < -0.3 is 5.32 Å². The topological polar surface area (TPSA) is 66.9 Å². The van der Waals surface area contributed by atoms with Crippen LogP contribution in [0.3, 0.4) is 0 Å². The van der Waals surface area contributed by atoms with Crippen molar-refractivity contribution in [3.05, 3.63) is 18.5 Å². The number of amides is 1. The SMILES string of the molecule is CCC1(C(=O)Nc2ncccn2)CCCNC1. The lowest BCUT2D eigenvalue weighted by atomic mass is 9.77. The van der Waals surface area contributed by atoms with Crippen LogP contribution >= 0.6 is 0 Å². The first-order valence-electron chi connectivity index (χ1n) is 6.06. The molecule has 1 unspecified atom stereocenters. The molecule has 5 nitrogen and oxygen atoms in total. The first kappa shape index (κ1) is 12.0. The Morgan fingerprint density at radius 3 is 2.88 bits per heavy atom. The third kappa shape index (κ3) is 2.61. The van der Waals surface area contributed by atoms with E-state index in [2.05, 4.69) is 27.5 Å². The summed E-state index contributed by atoms with van der Waals surface area (Å²) in [6.07, 6.45) is 6.05. The summed E-state index contributed by atoms with van der Waals surface area (Å²) in [5.74, 6) is 0.411. The van der Waals surface area contributed by atoms with E-state index >= 15 is 0 Å². The van der Waals surface area contributed by atoms with Gasteiger partial charge in [-0.25, -0.2) is 9.97 Å². The summed E-state index contributed by atoms with van der Waals surface area (Å²) >= 11 is 0. The summed E-state index contributed by atoms with van der Waals surface area (Å²) in [4.78, 5) is 20.3. The summed E-state index contributed by atoms with van der Waals surface area (Å²) < 4.78 is 0. The quantitative estimate of drug-likeness (QED) is 0.824. The fourth-order valence-electron chi connectivity index (χ4n) is 2.22. The number of anilines is 1. The van der Waals surface area contributed by atoms with E-state index in [0.717, 1.165) is 32.4 Å². The van der Waals surface area contributed by atoms with Crippen molar-refractivity contribution in [1.29, 1.82) is 0 Å². The molecule has 0 spiro atoms. The largest absolute Gasteiger partial charge is 0.316 e. The number of piperidine rings is 1. The van der Waals surface area contributed by atoms with Gasteiger partial charge in [-0.3, -0.25) is 10.1 Å². The first-order chi connectivity index (χ1) is 8.27.